The summed E-state index contributed by atoms with van der Waals surface area (Å²) in [5.74, 6) is -0.413. The number of aromatic nitrogens is 2. The van der Waals surface area contributed by atoms with Crippen LogP contribution in [-0.4, -0.2) is 42.0 Å². The number of benzene rings is 2. The molecule has 1 aliphatic heterocycles. The van der Waals surface area contributed by atoms with Crippen molar-refractivity contribution in [2.45, 2.75) is 6.10 Å². The quantitative estimate of drug-likeness (QED) is 0.588. The van der Waals surface area contributed by atoms with Gasteiger partial charge in [0.1, 0.15) is 16.9 Å². The van der Waals surface area contributed by atoms with Gasteiger partial charge in [-0.3, -0.25) is 9.78 Å². The number of carbonyl (C=O) groups is 1. The van der Waals surface area contributed by atoms with E-state index in [1.54, 1.807) is 18.2 Å². The number of aromatic hydroxyl groups is 1. The zero-order valence-electron chi connectivity index (χ0n) is 16.8. The number of fused-ring (bicyclic) bond motifs is 1. The maximum atomic E-state index is 12.6. The Kier molecular flexibility index (Phi) is 4.90. The van der Waals surface area contributed by atoms with Crippen LogP contribution in [-0.2, 0) is 4.74 Å². The van der Waals surface area contributed by atoms with E-state index in [1.165, 1.54) is 39.5 Å². The Balaban J connectivity index is 1.92. The number of esters is 1. The summed E-state index contributed by atoms with van der Waals surface area (Å²) >= 11 is 0. The molecule has 0 saturated carbocycles. The van der Waals surface area contributed by atoms with E-state index < -0.39 is 29.2 Å². The van der Waals surface area contributed by atoms with E-state index in [4.69, 9.17) is 18.9 Å². The summed E-state index contributed by atoms with van der Waals surface area (Å²) in [6.45, 7) is 0. The van der Waals surface area contributed by atoms with Crippen molar-refractivity contribution >= 4 is 5.97 Å². The molecule has 0 amide bonds. The average Bonchev–Trinajstić information content (AvgIpc) is 3.09. The highest BCUT2D eigenvalue weighted by molar-refractivity contribution is 5.98. The lowest BCUT2D eigenvalue weighted by molar-refractivity contribution is 0.0447. The number of H-pyrrole nitrogens is 1. The van der Waals surface area contributed by atoms with Gasteiger partial charge in [0.2, 0.25) is 5.88 Å². The second kappa shape index (κ2) is 7.56. The Morgan fingerprint density at radius 1 is 0.968 bits per heavy atom. The zero-order valence-corrected chi connectivity index (χ0v) is 16.8. The van der Waals surface area contributed by atoms with Gasteiger partial charge in [-0.05, 0) is 30.3 Å². The van der Waals surface area contributed by atoms with Gasteiger partial charge < -0.3 is 24.1 Å². The number of nitrogens with zero attached hydrogens (tertiary/aromatic N) is 1. The van der Waals surface area contributed by atoms with Gasteiger partial charge in [0.25, 0.3) is 5.56 Å². The van der Waals surface area contributed by atoms with Crippen molar-refractivity contribution < 1.29 is 28.8 Å². The lowest BCUT2D eigenvalue weighted by Crippen LogP contribution is -2.32. The van der Waals surface area contributed by atoms with Crippen molar-refractivity contribution in [2.75, 3.05) is 21.3 Å². The van der Waals surface area contributed by atoms with E-state index in [0.29, 0.717) is 17.1 Å². The Bertz CT molecular complexity index is 1290. The minimum Gasteiger partial charge on any atom is -0.497 e. The van der Waals surface area contributed by atoms with Crippen LogP contribution in [0.4, 0.5) is 0 Å². The molecule has 0 fully saturated rings. The number of nitrogens with one attached hydrogen (secondary N) is 1. The van der Waals surface area contributed by atoms with Gasteiger partial charge in [-0.1, -0.05) is 6.07 Å². The van der Waals surface area contributed by atoms with Crippen LogP contribution in [0.15, 0.2) is 46.0 Å². The van der Waals surface area contributed by atoms with E-state index in [-0.39, 0.29) is 22.6 Å². The standard InChI is InChI=1S/C21H18N2O8/c1-28-11-6-4-10(5-7-11)23-19(25)15(18(24)22-21(23)27)16-12-8-9-13(29-2)17(30-3)14(12)20(26)31-16/h4-9,16,25H,1-3H3,(H,22,24,27)/t16-/m0/s1. The van der Waals surface area contributed by atoms with E-state index in [1.807, 2.05) is 0 Å². The highest BCUT2D eigenvalue weighted by Gasteiger charge is 2.40. The van der Waals surface area contributed by atoms with Crippen LogP contribution in [0, 0.1) is 0 Å². The number of carbonyl (C=O) groups excluding carboxylic acids is 1. The number of rotatable bonds is 5. The summed E-state index contributed by atoms with van der Waals surface area (Å²) in [6, 6.07) is 9.34. The van der Waals surface area contributed by atoms with E-state index in [0.717, 1.165) is 4.57 Å². The van der Waals surface area contributed by atoms with Crippen LogP contribution in [0.5, 0.6) is 23.1 Å². The third-order valence-electron chi connectivity index (χ3n) is 5.00. The molecule has 2 N–H and O–H groups in total. The number of aromatic amines is 1. The Morgan fingerprint density at radius 2 is 1.68 bits per heavy atom. The number of hydrogen-bond donors (Lipinski definition) is 2. The van der Waals surface area contributed by atoms with Gasteiger partial charge in [-0.15, -0.1) is 0 Å². The predicted octanol–water partition coefficient (Wildman–Crippen LogP) is 1.52. The molecular weight excluding hydrogens is 408 g/mol. The van der Waals surface area contributed by atoms with Crippen LogP contribution in [0.3, 0.4) is 0 Å². The van der Waals surface area contributed by atoms with E-state index in [2.05, 4.69) is 4.98 Å². The molecule has 10 nitrogen and oxygen atoms in total. The predicted molar refractivity (Wildman–Crippen MR) is 108 cm³/mol. The highest BCUT2D eigenvalue weighted by Crippen LogP contribution is 2.45. The van der Waals surface area contributed by atoms with Gasteiger partial charge >= 0.3 is 11.7 Å². The molecule has 0 bridgehead atoms. The first-order valence-corrected chi connectivity index (χ1v) is 9.09. The summed E-state index contributed by atoms with van der Waals surface area (Å²) in [4.78, 5) is 39.8. The average molecular weight is 426 g/mol. The van der Waals surface area contributed by atoms with Gasteiger partial charge in [-0.2, -0.15) is 0 Å². The minimum absolute atomic E-state index is 0.0767. The molecule has 160 valence electrons. The van der Waals surface area contributed by atoms with Crippen LogP contribution >= 0.6 is 0 Å². The maximum absolute atomic E-state index is 12.6. The van der Waals surface area contributed by atoms with Crippen molar-refractivity contribution in [3.05, 3.63) is 73.9 Å². The molecule has 1 aromatic heterocycles. The second-order valence-electron chi connectivity index (χ2n) is 6.58. The molecule has 1 aliphatic rings. The lowest BCUT2D eigenvalue weighted by atomic mass is 9.99. The Labute approximate surface area is 175 Å². The topological polar surface area (TPSA) is 129 Å². The molecule has 2 heterocycles. The van der Waals surface area contributed by atoms with E-state index in [9.17, 15) is 19.5 Å². The first-order valence-electron chi connectivity index (χ1n) is 9.09. The van der Waals surface area contributed by atoms with Crippen molar-refractivity contribution in [2.24, 2.45) is 0 Å². The van der Waals surface area contributed by atoms with Crippen molar-refractivity contribution in [3.63, 3.8) is 0 Å². The molecule has 0 unspecified atom stereocenters. The molecular formula is C21H18N2O8. The summed E-state index contributed by atoms with van der Waals surface area (Å²) in [7, 11) is 4.28. The molecule has 0 saturated heterocycles. The smallest absolute Gasteiger partial charge is 0.343 e. The summed E-state index contributed by atoms with van der Waals surface area (Å²) in [5.41, 5.74) is -1.38. The largest absolute Gasteiger partial charge is 0.497 e. The van der Waals surface area contributed by atoms with Gasteiger partial charge in [0.15, 0.2) is 17.6 Å². The van der Waals surface area contributed by atoms with Gasteiger partial charge in [0, 0.05) is 5.56 Å². The lowest BCUT2D eigenvalue weighted by Gasteiger charge is -2.16. The first-order chi connectivity index (χ1) is 14.9. The molecule has 0 spiro atoms. The third kappa shape index (κ3) is 3.08. The normalized spacial score (nSPS) is 14.7. The summed E-state index contributed by atoms with van der Waals surface area (Å²) in [6.07, 6.45) is -1.25. The van der Waals surface area contributed by atoms with Crippen molar-refractivity contribution in [1.82, 2.24) is 9.55 Å². The number of methoxy groups -OCH3 is 3. The maximum Gasteiger partial charge on any atom is 0.343 e. The first kappa shape index (κ1) is 20.1. The summed E-state index contributed by atoms with van der Waals surface area (Å²) in [5, 5.41) is 10.9. The zero-order chi connectivity index (χ0) is 22.3. The number of ether oxygens (including phenoxy) is 4. The Hall–Kier alpha value is -4.21. The monoisotopic (exact) mass is 426 g/mol. The third-order valence-corrected chi connectivity index (χ3v) is 5.00. The molecule has 1 atom stereocenters. The molecule has 31 heavy (non-hydrogen) atoms. The molecule has 3 aromatic rings. The van der Waals surface area contributed by atoms with Gasteiger partial charge in [-0.25, -0.2) is 14.2 Å². The minimum atomic E-state index is -1.25. The molecule has 10 heteroatoms. The Morgan fingerprint density at radius 3 is 2.29 bits per heavy atom. The number of hydrogen-bond acceptors (Lipinski definition) is 8. The van der Waals surface area contributed by atoms with Crippen LogP contribution in [0.25, 0.3) is 5.69 Å². The SMILES string of the molecule is COc1ccc(-n2c(O)c([C@H]3OC(=O)c4c3ccc(OC)c4OC)c(=O)[nH]c2=O)cc1. The molecule has 2 aromatic carbocycles. The molecule has 4 rings (SSSR count). The van der Waals surface area contributed by atoms with Crippen molar-refractivity contribution in [3.8, 4) is 28.8 Å². The fourth-order valence-corrected chi connectivity index (χ4v) is 3.56. The van der Waals surface area contributed by atoms with Crippen LogP contribution < -0.4 is 25.5 Å². The van der Waals surface area contributed by atoms with E-state index >= 15 is 0 Å². The van der Waals surface area contributed by atoms with Crippen LogP contribution in [0.2, 0.25) is 0 Å². The highest BCUT2D eigenvalue weighted by atomic mass is 16.6. The van der Waals surface area contributed by atoms with Crippen molar-refractivity contribution in [1.29, 1.82) is 0 Å². The summed E-state index contributed by atoms with van der Waals surface area (Å²) < 4.78 is 21.9. The number of cyclic esters (lactones) is 1. The fourth-order valence-electron chi connectivity index (χ4n) is 3.56. The molecule has 0 aliphatic carbocycles. The fraction of sp³-hybridized carbons (Fsp3) is 0.190. The second-order valence-corrected chi connectivity index (χ2v) is 6.58. The van der Waals surface area contributed by atoms with Crippen LogP contribution in [0.1, 0.15) is 27.6 Å². The molecule has 0 radical (unpaired) electrons. The van der Waals surface area contributed by atoms with Gasteiger partial charge in [0.05, 0.1) is 27.0 Å².